The van der Waals surface area contributed by atoms with E-state index in [1.54, 1.807) is 24.4 Å². The lowest BCUT2D eigenvalue weighted by atomic mass is 10.1. The van der Waals surface area contributed by atoms with Crippen LogP contribution in [0.2, 0.25) is 0 Å². The van der Waals surface area contributed by atoms with Crippen LogP contribution in [-0.4, -0.2) is 24.0 Å². The number of benzene rings is 1. The molecule has 1 N–H and O–H groups in total. The van der Waals surface area contributed by atoms with Crippen LogP contribution in [0.3, 0.4) is 0 Å². The largest absolute Gasteiger partial charge is 0.494 e. The fraction of sp³-hybridized carbons (Fsp3) is 0.294. The summed E-state index contributed by atoms with van der Waals surface area (Å²) >= 11 is 0. The van der Waals surface area contributed by atoms with Gasteiger partial charge in [0.1, 0.15) is 11.4 Å². The third-order valence-electron chi connectivity index (χ3n) is 3.14. The van der Waals surface area contributed by atoms with Crippen LogP contribution in [0, 0.1) is 6.92 Å². The molecule has 0 unspecified atom stereocenters. The third kappa shape index (κ3) is 4.31. The average molecular weight is 284 g/mol. The first kappa shape index (κ1) is 15.0. The molecule has 1 aromatic heterocycles. The zero-order valence-electron chi connectivity index (χ0n) is 12.4. The molecule has 4 heteroatoms. The second kappa shape index (κ2) is 7.43. The molecule has 0 atom stereocenters. The van der Waals surface area contributed by atoms with Crippen molar-refractivity contribution in [2.24, 2.45) is 0 Å². The van der Waals surface area contributed by atoms with Gasteiger partial charge < -0.3 is 10.1 Å². The summed E-state index contributed by atoms with van der Waals surface area (Å²) in [6.07, 6.45) is 2.40. The molecule has 0 bridgehead atoms. The van der Waals surface area contributed by atoms with Gasteiger partial charge in [-0.15, -0.1) is 0 Å². The molecule has 1 aromatic carbocycles. The molecule has 0 saturated heterocycles. The number of carbonyl (C=O) groups is 1. The monoisotopic (exact) mass is 284 g/mol. The summed E-state index contributed by atoms with van der Waals surface area (Å²) < 4.78 is 5.51. The number of nitrogens with zero attached hydrogens (tertiary/aromatic N) is 1. The highest BCUT2D eigenvalue weighted by atomic mass is 16.5. The van der Waals surface area contributed by atoms with E-state index >= 15 is 0 Å². The molecule has 0 radical (unpaired) electrons. The Morgan fingerprint density at radius 3 is 2.81 bits per heavy atom. The summed E-state index contributed by atoms with van der Waals surface area (Å²) in [5.41, 5.74) is 2.74. The van der Waals surface area contributed by atoms with Gasteiger partial charge in [-0.3, -0.25) is 9.78 Å². The maximum atomic E-state index is 11.8. The molecule has 0 aliphatic carbocycles. The Morgan fingerprint density at radius 2 is 2.14 bits per heavy atom. The van der Waals surface area contributed by atoms with Gasteiger partial charge in [-0.2, -0.15) is 0 Å². The Bertz CT molecular complexity index is 597. The number of rotatable bonds is 6. The Labute approximate surface area is 125 Å². The smallest absolute Gasteiger partial charge is 0.269 e. The number of carbonyl (C=O) groups excluding carboxylic acids is 1. The highest BCUT2D eigenvalue weighted by Crippen LogP contribution is 2.19. The lowest BCUT2D eigenvalue weighted by molar-refractivity contribution is 0.0949. The lowest BCUT2D eigenvalue weighted by Gasteiger charge is -2.09. The molecule has 21 heavy (non-hydrogen) atoms. The number of ether oxygens (including phenoxy) is 1. The molecule has 0 aliphatic heterocycles. The number of hydrogen-bond acceptors (Lipinski definition) is 3. The summed E-state index contributed by atoms with van der Waals surface area (Å²) in [7, 11) is 0. The van der Waals surface area contributed by atoms with E-state index in [0.717, 1.165) is 17.7 Å². The summed E-state index contributed by atoms with van der Waals surface area (Å²) in [6, 6.07) is 11.4. The van der Waals surface area contributed by atoms with Crippen molar-refractivity contribution >= 4 is 5.91 Å². The molecule has 0 aliphatic rings. The van der Waals surface area contributed by atoms with E-state index < -0.39 is 0 Å². The minimum absolute atomic E-state index is 0.141. The van der Waals surface area contributed by atoms with Gasteiger partial charge in [0.05, 0.1) is 6.61 Å². The first-order chi connectivity index (χ1) is 10.2. The summed E-state index contributed by atoms with van der Waals surface area (Å²) in [6.45, 7) is 5.25. The topological polar surface area (TPSA) is 51.2 Å². The van der Waals surface area contributed by atoms with Gasteiger partial charge in [0.2, 0.25) is 0 Å². The zero-order chi connectivity index (χ0) is 15.1. The van der Waals surface area contributed by atoms with E-state index in [9.17, 15) is 4.79 Å². The number of hydrogen-bond donors (Lipinski definition) is 1. The second-order valence-corrected chi connectivity index (χ2v) is 4.75. The molecule has 1 heterocycles. The maximum absolute atomic E-state index is 11.8. The van der Waals surface area contributed by atoms with Crippen molar-refractivity contribution in [3.05, 3.63) is 59.4 Å². The molecule has 110 valence electrons. The highest BCUT2D eigenvalue weighted by molar-refractivity contribution is 5.92. The number of aromatic nitrogens is 1. The molecule has 2 aromatic rings. The SMILES string of the molecule is CCOc1ccc(CCNC(=O)c2ccccn2)cc1C. The Morgan fingerprint density at radius 1 is 1.29 bits per heavy atom. The quantitative estimate of drug-likeness (QED) is 0.887. The van der Waals surface area contributed by atoms with Crippen molar-refractivity contribution in [2.45, 2.75) is 20.3 Å². The number of aryl methyl sites for hydroxylation is 1. The van der Waals surface area contributed by atoms with E-state index in [2.05, 4.69) is 16.4 Å². The Balaban J connectivity index is 1.86. The van der Waals surface area contributed by atoms with Gasteiger partial charge in [-0.25, -0.2) is 0 Å². The van der Waals surface area contributed by atoms with Crippen LogP contribution in [0.4, 0.5) is 0 Å². The van der Waals surface area contributed by atoms with Crippen molar-refractivity contribution in [3.63, 3.8) is 0 Å². The van der Waals surface area contributed by atoms with Gasteiger partial charge in [-0.05, 0) is 49.6 Å². The van der Waals surface area contributed by atoms with Crippen molar-refractivity contribution in [1.29, 1.82) is 0 Å². The average Bonchev–Trinajstić information content (AvgIpc) is 2.51. The van der Waals surface area contributed by atoms with E-state index in [4.69, 9.17) is 4.74 Å². The summed E-state index contributed by atoms with van der Waals surface area (Å²) in [4.78, 5) is 15.9. The van der Waals surface area contributed by atoms with E-state index in [1.165, 1.54) is 5.56 Å². The number of amides is 1. The van der Waals surface area contributed by atoms with Gasteiger partial charge in [0, 0.05) is 12.7 Å². The van der Waals surface area contributed by atoms with Crippen molar-refractivity contribution in [2.75, 3.05) is 13.2 Å². The third-order valence-corrected chi connectivity index (χ3v) is 3.14. The van der Waals surface area contributed by atoms with Crippen molar-refractivity contribution < 1.29 is 9.53 Å². The standard InChI is InChI=1S/C17H20N2O2/c1-3-21-16-8-7-14(12-13(16)2)9-11-19-17(20)15-6-4-5-10-18-15/h4-8,10,12H,3,9,11H2,1-2H3,(H,19,20). The van der Waals surface area contributed by atoms with Gasteiger partial charge in [0.15, 0.2) is 0 Å². The van der Waals surface area contributed by atoms with Crippen LogP contribution in [0.1, 0.15) is 28.5 Å². The van der Waals surface area contributed by atoms with Crippen LogP contribution < -0.4 is 10.1 Å². The Hall–Kier alpha value is -2.36. The van der Waals surface area contributed by atoms with Crippen molar-refractivity contribution in [3.8, 4) is 5.75 Å². The minimum Gasteiger partial charge on any atom is -0.494 e. The normalized spacial score (nSPS) is 10.2. The molecule has 0 saturated carbocycles. The van der Waals surface area contributed by atoms with Crippen LogP contribution >= 0.6 is 0 Å². The number of pyridine rings is 1. The van der Waals surface area contributed by atoms with E-state index in [1.807, 2.05) is 26.0 Å². The molecule has 2 rings (SSSR count). The first-order valence-corrected chi connectivity index (χ1v) is 7.12. The first-order valence-electron chi connectivity index (χ1n) is 7.12. The Kier molecular flexibility index (Phi) is 5.32. The molecule has 4 nitrogen and oxygen atoms in total. The maximum Gasteiger partial charge on any atom is 0.269 e. The lowest BCUT2D eigenvalue weighted by Crippen LogP contribution is -2.26. The molecule has 0 fully saturated rings. The van der Waals surface area contributed by atoms with Gasteiger partial charge in [0.25, 0.3) is 5.91 Å². The summed E-state index contributed by atoms with van der Waals surface area (Å²) in [5, 5.41) is 2.87. The molecular formula is C17H20N2O2. The van der Waals surface area contributed by atoms with Crippen LogP contribution in [0.5, 0.6) is 5.75 Å². The van der Waals surface area contributed by atoms with Crippen LogP contribution in [-0.2, 0) is 6.42 Å². The zero-order valence-corrected chi connectivity index (χ0v) is 12.4. The fourth-order valence-electron chi connectivity index (χ4n) is 2.09. The van der Waals surface area contributed by atoms with Crippen LogP contribution in [0.15, 0.2) is 42.6 Å². The molecule has 0 spiro atoms. The predicted octanol–water partition coefficient (Wildman–Crippen LogP) is 2.76. The van der Waals surface area contributed by atoms with E-state index in [0.29, 0.717) is 18.8 Å². The minimum atomic E-state index is -0.141. The van der Waals surface area contributed by atoms with Gasteiger partial charge in [-0.1, -0.05) is 18.2 Å². The second-order valence-electron chi connectivity index (χ2n) is 4.75. The molecular weight excluding hydrogens is 264 g/mol. The number of nitrogens with one attached hydrogen (secondary N) is 1. The van der Waals surface area contributed by atoms with Crippen LogP contribution in [0.25, 0.3) is 0 Å². The highest BCUT2D eigenvalue weighted by Gasteiger charge is 2.05. The molecule has 1 amide bonds. The van der Waals surface area contributed by atoms with E-state index in [-0.39, 0.29) is 5.91 Å². The van der Waals surface area contributed by atoms with Crippen molar-refractivity contribution in [1.82, 2.24) is 10.3 Å². The summed E-state index contributed by atoms with van der Waals surface area (Å²) in [5.74, 6) is 0.775. The predicted molar refractivity (Wildman–Crippen MR) is 82.6 cm³/mol. The van der Waals surface area contributed by atoms with Gasteiger partial charge >= 0.3 is 0 Å². The fourth-order valence-corrected chi connectivity index (χ4v) is 2.09.